The lowest BCUT2D eigenvalue weighted by molar-refractivity contribution is -0.116. The van der Waals surface area contributed by atoms with Gasteiger partial charge < -0.3 is 15.4 Å². The zero-order valence-electron chi connectivity index (χ0n) is 13.3. The molecule has 5 nitrogen and oxygen atoms in total. The summed E-state index contributed by atoms with van der Waals surface area (Å²) in [5.41, 5.74) is 1.82. The van der Waals surface area contributed by atoms with Crippen LogP contribution >= 0.6 is 15.9 Å². The number of aryl methyl sites for hydroxylation is 1. The Morgan fingerprint density at radius 3 is 2.92 bits per heavy atom. The second-order valence-electron chi connectivity index (χ2n) is 5.60. The van der Waals surface area contributed by atoms with Gasteiger partial charge in [0.1, 0.15) is 18.2 Å². The third kappa shape index (κ3) is 4.36. The normalized spacial score (nSPS) is 13.0. The lowest BCUT2D eigenvalue weighted by Crippen LogP contribution is -2.28. The summed E-state index contributed by atoms with van der Waals surface area (Å²) in [4.78, 5) is 23.3. The second kappa shape index (κ2) is 7.65. The molecule has 0 unspecified atom stereocenters. The standard InChI is InChI=1S/C18H16BrFN2O3/c19-12-2-4-15(20)14(10-12)18(24)21-7-8-25-13-3-5-16-11(9-13)1-6-17(23)22-16/h2-5,9-10H,1,6-8H2,(H,21,24)(H,22,23). The molecule has 3 rings (SSSR count). The number of carbonyl (C=O) groups excluding carboxylic acids is 2. The number of halogens is 2. The zero-order chi connectivity index (χ0) is 17.8. The molecule has 0 saturated heterocycles. The van der Waals surface area contributed by atoms with Gasteiger partial charge in [0.2, 0.25) is 5.91 Å². The van der Waals surface area contributed by atoms with Crippen molar-refractivity contribution in [2.75, 3.05) is 18.5 Å². The molecule has 130 valence electrons. The number of fused-ring (bicyclic) bond motifs is 1. The van der Waals surface area contributed by atoms with Crippen LogP contribution in [0.2, 0.25) is 0 Å². The van der Waals surface area contributed by atoms with Gasteiger partial charge in [0.15, 0.2) is 0 Å². The highest BCUT2D eigenvalue weighted by atomic mass is 79.9. The summed E-state index contributed by atoms with van der Waals surface area (Å²) in [6.07, 6.45) is 1.14. The minimum absolute atomic E-state index is 0.0149. The van der Waals surface area contributed by atoms with Crippen molar-refractivity contribution < 1.29 is 18.7 Å². The first-order valence-electron chi connectivity index (χ1n) is 7.82. The number of rotatable bonds is 5. The van der Waals surface area contributed by atoms with Gasteiger partial charge in [-0.3, -0.25) is 9.59 Å². The molecular weight excluding hydrogens is 391 g/mol. The van der Waals surface area contributed by atoms with E-state index in [1.54, 1.807) is 12.1 Å². The van der Waals surface area contributed by atoms with E-state index in [9.17, 15) is 14.0 Å². The van der Waals surface area contributed by atoms with E-state index in [4.69, 9.17) is 4.74 Å². The highest BCUT2D eigenvalue weighted by Crippen LogP contribution is 2.26. The molecule has 0 saturated carbocycles. The van der Waals surface area contributed by atoms with Crippen molar-refractivity contribution in [3.63, 3.8) is 0 Å². The summed E-state index contributed by atoms with van der Waals surface area (Å²) < 4.78 is 19.9. The van der Waals surface area contributed by atoms with Crippen LogP contribution in [0.1, 0.15) is 22.3 Å². The van der Waals surface area contributed by atoms with Gasteiger partial charge in [-0.15, -0.1) is 0 Å². The number of ether oxygens (including phenoxy) is 1. The van der Waals surface area contributed by atoms with Crippen LogP contribution in [0.4, 0.5) is 10.1 Å². The molecule has 1 aliphatic rings. The minimum atomic E-state index is -0.571. The van der Waals surface area contributed by atoms with E-state index >= 15 is 0 Å². The molecule has 0 aliphatic carbocycles. The Balaban J connectivity index is 1.51. The van der Waals surface area contributed by atoms with Crippen LogP contribution in [0.15, 0.2) is 40.9 Å². The van der Waals surface area contributed by atoms with Crippen molar-refractivity contribution in [2.24, 2.45) is 0 Å². The van der Waals surface area contributed by atoms with Crippen LogP contribution in [0.5, 0.6) is 5.75 Å². The number of hydrogen-bond acceptors (Lipinski definition) is 3. The molecule has 0 aromatic heterocycles. The van der Waals surface area contributed by atoms with Crippen molar-refractivity contribution >= 4 is 33.4 Å². The van der Waals surface area contributed by atoms with Crippen LogP contribution in [0.25, 0.3) is 0 Å². The average molecular weight is 407 g/mol. The smallest absolute Gasteiger partial charge is 0.254 e. The Kier molecular flexibility index (Phi) is 5.33. The van der Waals surface area contributed by atoms with E-state index in [1.807, 2.05) is 6.07 Å². The Morgan fingerprint density at radius 1 is 1.24 bits per heavy atom. The van der Waals surface area contributed by atoms with E-state index in [0.717, 1.165) is 11.3 Å². The van der Waals surface area contributed by atoms with E-state index in [2.05, 4.69) is 26.6 Å². The molecule has 1 aliphatic heterocycles. The molecule has 2 amide bonds. The third-order valence-corrected chi connectivity index (χ3v) is 4.29. The molecule has 25 heavy (non-hydrogen) atoms. The van der Waals surface area contributed by atoms with E-state index < -0.39 is 11.7 Å². The van der Waals surface area contributed by atoms with Gasteiger partial charge in [-0.2, -0.15) is 0 Å². The van der Waals surface area contributed by atoms with Crippen LogP contribution in [0, 0.1) is 5.82 Å². The van der Waals surface area contributed by atoms with Gasteiger partial charge in [0.05, 0.1) is 12.1 Å². The molecule has 0 radical (unpaired) electrons. The number of carbonyl (C=O) groups is 2. The van der Waals surface area contributed by atoms with Crippen LogP contribution in [0.3, 0.4) is 0 Å². The van der Waals surface area contributed by atoms with Gasteiger partial charge in [-0.05, 0) is 48.4 Å². The van der Waals surface area contributed by atoms with E-state index in [-0.39, 0.29) is 24.6 Å². The van der Waals surface area contributed by atoms with Crippen molar-refractivity contribution in [3.05, 3.63) is 57.8 Å². The van der Waals surface area contributed by atoms with Crippen molar-refractivity contribution in [1.82, 2.24) is 5.32 Å². The highest BCUT2D eigenvalue weighted by Gasteiger charge is 2.15. The minimum Gasteiger partial charge on any atom is -0.492 e. The fraction of sp³-hybridized carbons (Fsp3) is 0.222. The van der Waals surface area contributed by atoms with Gasteiger partial charge in [0, 0.05) is 16.6 Å². The van der Waals surface area contributed by atoms with Gasteiger partial charge in [-0.25, -0.2) is 4.39 Å². The van der Waals surface area contributed by atoms with E-state index in [1.165, 1.54) is 18.2 Å². The van der Waals surface area contributed by atoms with Gasteiger partial charge in [-0.1, -0.05) is 15.9 Å². The van der Waals surface area contributed by atoms with E-state index in [0.29, 0.717) is 23.1 Å². The molecular formula is C18H16BrFN2O3. The maximum atomic E-state index is 13.6. The maximum absolute atomic E-state index is 13.6. The molecule has 2 aromatic rings. The zero-order valence-corrected chi connectivity index (χ0v) is 14.9. The molecule has 0 bridgehead atoms. The van der Waals surface area contributed by atoms with Gasteiger partial charge >= 0.3 is 0 Å². The highest BCUT2D eigenvalue weighted by molar-refractivity contribution is 9.10. The van der Waals surface area contributed by atoms with Crippen LogP contribution in [-0.2, 0) is 11.2 Å². The molecule has 0 spiro atoms. The first-order chi connectivity index (χ1) is 12.0. The van der Waals surface area contributed by atoms with Crippen LogP contribution < -0.4 is 15.4 Å². The molecule has 0 atom stereocenters. The summed E-state index contributed by atoms with van der Waals surface area (Å²) in [6.45, 7) is 0.505. The largest absolute Gasteiger partial charge is 0.492 e. The fourth-order valence-electron chi connectivity index (χ4n) is 2.55. The fourth-order valence-corrected chi connectivity index (χ4v) is 2.91. The predicted molar refractivity (Wildman–Crippen MR) is 95.3 cm³/mol. The number of hydrogen-bond donors (Lipinski definition) is 2. The lowest BCUT2D eigenvalue weighted by Gasteiger charge is -2.17. The number of benzene rings is 2. The Hall–Kier alpha value is -2.41. The number of amides is 2. The summed E-state index contributed by atoms with van der Waals surface area (Å²) >= 11 is 3.21. The molecule has 1 heterocycles. The Bertz CT molecular complexity index is 826. The Morgan fingerprint density at radius 2 is 2.08 bits per heavy atom. The number of anilines is 1. The van der Waals surface area contributed by atoms with Gasteiger partial charge in [0.25, 0.3) is 5.91 Å². The van der Waals surface area contributed by atoms with Crippen molar-refractivity contribution in [1.29, 1.82) is 0 Å². The Labute approximate surface area is 152 Å². The summed E-state index contributed by atoms with van der Waals surface area (Å²) in [5.74, 6) is -0.379. The molecule has 7 heteroatoms. The first-order valence-corrected chi connectivity index (χ1v) is 8.61. The predicted octanol–water partition coefficient (Wildman–Crippen LogP) is 3.28. The maximum Gasteiger partial charge on any atom is 0.254 e. The SMILES string of the molecule is O=C1CCc2cc(OCCNC(=O)c3cc(Br)ccc3F)ccc2N1. The molecule has 0 fully saturated rings. The molecule has 2 aromatic carbocycles. The lowest BCUT2D eigenvalue weighted by atomic mass is 10.0. The molecule has 2 N–H and O–H groups in total. The summed E-state index contributed by atoms with van der Waals surface area (Å²) in [5, 5.41) is 5.43. The monoisotopic (exact) mass is 406 g/mol. The third-order valence-electron chi connectivity index (χ3n) is 3.80. The van der Waals surface area contributed by atoms with Crippen molar-refractivity contribution in [2.45, 2.75) is 12.8 Å². The topological polar surface area (TPSA) is 67.4 Å². The van der Waals surface area contributed by atoms with Crippen LogP contribution in [-0.4, -0.2) is 25.0 Å². The quantitative estimate of drug-likeness (QED) is 0.748. The average Bonchev–Trinajstić information content (AvgIpc) is 2.60. The van der Waals surface area contributed by atoms with Crippen molar-refractivity contribution in [3.8, 4) is 5.75 Å². The summed E-state index contributed by atoms with van der Waals surface area (Å²) in [7, 11) is 0. The first kappa shape index (κ1) is 17.4. The second-order valence-corrected chi connectivity index (χ2v) is 6.51. The number of nitrogens with one attached hydrogen (secondary N) is 2. The summed E-state index contributed by atoms with van der Waals surface area (Å²) in [6, 6.07) is 9.65.